The summed E-state index contributed by atoms with van der Waals surface area (Å²) in [6, 6.07) is 4.09. The van der Waals surface area contributed by atoms with Gasteiger partial charge in [0.05, 0.1) is 10.7 Å². The van der Waals surface area contributed by atoms with Gasteiger partial charge >= 0.3 is 0 Å². The lowest BCUT2D eigenvalue weighted by Gasteiger charge is -2.38. The Bertz CT molecular complexity index is 875. The van der Waals surface area contributed by atoms with E-state index in [4.69, 9.17) is 17.3 Å². The van der Waals surface area contributed by atoms with E-state index in [9.17, 15) is 9.18 Å². The molecule has 5 nitrogen and oxygen atoms in total. The number of amides is 1. The van der Waals surface area contributed by atoms with Crippen molar-refractivity contribution in [3.8, 4) is 0 Å². The molecule has 1 aromatic heterocycles. The molecule has 2 saturated carbocycles. The number of carbonyl (C=O) groups is 1. The molecule has 0 aliphatic heterocycles. The third-order valence-corrected chi connectivity index (χ3v) is 6.32. The summed E-state index contributed by atoms with van der Waals surface area (Å²) in [5.41, 5.74) is 8.23. The number of rotatable bonds is 3. The van der Waals surface area contributed by atoms with Gasteiger partial charge in [-0.25, -0.2) is 4.39 Å². The molecule has 1 spiro atoms. The van der Waals surface area contributed by atoms with Gasteiger partial charge in [-0.2, -0.15) is 5.10 Å². The zero-order valence-electron chi connectivity index (χ0n) is 14.7. The highest BCUT2D eigenvalue weighted by Gasteiger charge is 2.45. The Labute approximate surface area is 156 Å². The molecule has 1 atom stereocenters. The number of hydrogen-bond acceptors (Lipinski definition) is 3. The molecule has 2 fully saturated rings. The van der Waals surface area contributed by atoms with Gasteiger partial charge < -0.3 is 11.1 Å². The number of nitrogen functional groups attached to an aromatic ring is 1. The topological polar surface area (TPSA) is 72.9 Å². The highest BCUT2D eigenvalue weighted by atomic mass is 35.5. The summed E-state index contributed by atoms with van der Waals surface area (Å²) in [6.07, 6.45) is 7.17. The fourth-order valence-electron chi connectivity index (χ4n) is 4.42. The van der Waals surface area contributed by atoms with Crippen molar-refractivity contribution >= 4 is 29.0 Å². The van der Waals surface area contributed by atoms with Crippen LogP contribution in [0.3, 0.4) is 0 Å². The molecule has 0 bridgehead atoms. The van der Waals surface area contributed by atoms with Crippen LogP contribution in [0.5, 0.6) is 0 Å². The van der Waals surface area contributed by atoms with Crippen LogP contribution in [0.25, 0.3) is 0 Å². The lowest BCUT2D eigenvalue weighted by Crippen LogP contribution is -2.25. The Kier molecular flexibility index (Phi) is 4.18. The number of anilines is 2. The molecule has 1 aromatic carbocycles. The fourth-order valence-corrected chi connectivity index (χ4v) is 4.60. The van der Waals surface area contributed by atoms with Gasteiger partial charge in [0.2, 0.25) is 0 Å². The first-order valence-corrected chi connectivity index (χ1v) is 9.35. The van der Waals surface area contributed by atoms with Crippen LogP contribution in [0.1, 0.15) is 60.5 Å². The second-order valence-corrected chi connectivity index (χ2v) is 8.05. The Morgan fingerprint density at radius 3 is 2.81 bits per heavy atom. The van der Waals surface area contributed by atoms with Gasteiger partial charge in [-0.3, -0.25) is 9.48 Å². The molecular formula is C19H22ClFN4O. The Morgan fingerprint density at radius 1 is 1.42 bits per heavy atom. The molecular weight excluding hydrogens is 355 g/mol. The van der Waals surface area contributed by atoms with E-state index in [0.717, 1.165) is 18.5 Å². The van der Waals surface area contributed by atoms with Crippen LogP contribution in [0.2, 0.25) is 5.02 Å². The zero-order valence-corrected chi connectivity index (χ0v) is 15.4. The molecule has 2 aliphatic carbocycles. The van der Waals surface area contributed by atoms with Gasteiger partial charge in [-0.1, -0.05) is 18.0 Å². The van der Waals surface area contributed by atoms with Gasteiger partial charge in [0.25, 0.3) is 5.91 Å². The lowest BCUT2D eigenvalue weighted by atomic mass is 9.67. The van der Waals surface area contributed by atoms with Crippen molar-refractivity contribution in [2.75, 3.05) is 11.1 Å². The molecule has 3 N–H and O–H groups in total. The molecule has 7 heteroatoms. The van der Waals surface area contributed by atoms with Gasteiger partial charge in [0, 0.05) is 18.7 Å². The lowest BCUT2D eigenvalue weighted by molar-refractivity contribution is 0.102. The third-order valence-electron chi connectivity index (χ3n) is 6.03. The number of aromatic nitrogens is 2. The predicted octanol–water partition coefficient (Wildman–Crippen LogP) is 4.48. The minimum absolute atomic E-state index is 0.0371. The Hall–Kier alpha value is -2.08. The molecule has 4 rings (SSSR count). The van der Waals surface area contributed by atoms with Crippen LogP contribution >= 0.6 is 11.6 Å². The number of nitrogens with zero attached hydrogens (tertiary/aromatic N) is 2. The number of halogens is 2. The summed E-state index contributed by atoms with van der Waals surface area (Å²) in [5.74, 6) is -0.248. The highest BCUT2D eigenvalue weighted by molar-refractivity contribution is 6.31. The van der Waals surface area contributed by atoms with Crippen LogP contribution in [0.15, 0.2) is 18.2 Å². The summed E-state index contributed by atoms with van der Waals surface area (Å²) < 4.78 is 14.9. The van der Waals surface area contributed by atoms with E-state index in [0.29, 0.717) is 22.5 Å². The van der Waals surface area contributed by atoms with E-state index < -0.39 is 5.82 Å². The van der Waals surface area contributed by atoms with Crippen molar-refractivity contribution in [2.24, 2.45) is 12.5 Å². The third kappa shape index (κ3) is 2.86. The monoisotopic (exact) mass is 376 g/mol. The highest BCUT2D eigenvalue weighted by Crippen LogP contribution is 2.57. The van der Waals surface area contributed by atoms with Crippen molar-refractivity contribution in [1.29, 1.82) is 0 Å². The standard InChI is InChI=1S/C19H22ClFN4O/c1-25-17(22)15(18(26)23-12-3-4-14(21)13(20)9-12)16(24-25)11-5-8-19(10-11)6-2-7-19/h3-4,9,11H,2,5-8,10,22H2,1H3,(H,23,26). The van der Waals surface area contributed by atoms with Gasteiger partial charge in [-0.05, 0) is 55.7 Å². The van der Waals surface area contributed by atoms with E-state index in [1.807, 2.05) is 0 Å². The van der Waals surface area contributed by atoms with Crippen LogP contribution < -0.4 is 11.1 Å². The molecule has 0 saturated heterocycles. The summed E-state index contributed by atoms with van der Waals surface area (Å²) >= 11 is 5.80. The first-order chi connectivity index (χ1) is 12.4. The van der Waals surface area contributed by atoms with Crippen molar-refractivity contribution < 1.29 is 9.18 Å². The van der Waals surface area contributed by atoms with Crippen molar-refractivity contribution in [2.45, 2.75) is 44.4 Å². The quantitative estimate of drug-likeness (QED) is 0.829. The molecule has 1 unspecified atom stereocenters. The van der Waals surface area contributed by atoms with Crippen molar-refractivity contribution in [3.05, 3.63) is 40.3 Å². The molecule has 1 amide bonds. The van der Waals surface area contributed by atoms with Gasteiger partial charge in [0.15, 0.2) is 0 Å². The maximum Gasteiger partial charge on any atom is 0.261 e. The second-order valence-electron chi connectivity index (χ2n) is 7.65. The van der Waals surface area contributed by atoms with Gasteiger partial charge in [0.1, 0.15) is 17.2 Å². The van der Waals surface area contributed by atoms with Gasteiger partial charge in [-0.15, -0.1) is 0 Å². The summed E-state index contributed by atoms with van der Waals surface area (Å²) in [4.78, 5) is 12.9. The van der Waals surface area contributed by atoms with Crippen LogP contribution in [-0.2, 0) is 7.05 Å². The largest absolute Gasteiger partial charge is 0.383 e. The molecule has 138 valence electrons. The SMILES string of the molecule is Cn1nc(C2CCC3(CCC3)C2)c(C(=O)Nc2ccc(F)c(Cl)c2)c1N. The average Bonchev–Trinajstić information content (AvgIpc) is 3.14. The number of carbonyl (C=O) groups excluding carboxylic acids is 1. The van der Waals surface area contributed by atoms with E-state index in [-0.39, 0.29) is 16.8 Å². The molecule has 0 radical (unpaired) electrons. The molecule has 26 heavy (non-hydrogen) atoms. The minimum atomic E-state index is -0.525. The summed E-state index contributed by atoms with van der Waals surface area (Å²) in [7, 11) is 1.75. The Morgan fingerprint density at radius 2 is 2.19 bits per heavy atom. The number of nitrogens with one attached hydrogen (secondary N) is 1. The van der Waals surface area contributed by atoms with Crippen molar-refractivity contribution in [3.63, 3.8) is 0 Å². The maximum atomic E-state index is 13.3. The van der Waals surface area contributed by atoms with E-state index in [1.165, 1.54) is 43.9 Å². The fraction of sp³-hybridized carbons (Fsp3) is 0.474. The van der Waals surface area contributed by atoms with E-state index in [1.54, 1.807) is 11.7 Å². The van der Waals surface area contributed by atoms with Crippen LogP contribution in [0, 0.1) is 11.2 Å². The molecule has 2 aliphatic rings. The van der Waals surface area contributed by atoms with E-state index in [2.05, 4.69) is 10.4 Å². The number of aryl methyl sites for hydroxylation is 1. The predicted molar refractivity (Wildman–Crippen MR) is 99.9 cm³/mol. The number of benzene rings is 1. The maximum absolute atomic E-state index is 13.3. The zero-order chi connectivity index (χ0) is 18.5. The minimum Gasteiger partial charge on any atom is -0.383 e. The van der Waals surface area contributed by atoms with Crippen LogP contribution in [0.4, 0.5) is 15.9 Å². The number of nitrogens with two attached hydrogens (primary N) is 1. The first-order valence-electron chi connectivity index (χ1n) is 8.97. The van der Waals surface area contributed by atoms with Crippen LogP contribution in [-0.4, -0.2) is 15.7 Å². The normalized spacial score (nSPS) is 21.0. The summed E-state index contributed by atoms with van der Waals surface area (Å²) in [6.45, 7) is 0. The molecule has 2 aromatic rings. The first kappa shape index (κ1) is 17.3. The Balaban J connectivity index is 1.61. The summed E-state index contributed by atoms with van der Waals surface area (Å²) in [5, 5.41) is 7.29. The number of hydrogen-bond donors (Lipinski definition) is 2. The average molecular weight is 377 g/mol. The van der Waals surface area contributed by atoms with Crippen molar-refractivity contribution in [1.82, 2.24) is 9.78 Å². The smallest absolute Gasteiger partial charge is 0.261 e. The second kappa shape index (κ2) is 6.27. The molecule has 1 heterocycles. The van der Waals surface area contributed by atoms with E-state index >= 15 is 0 Å².